The van der Waals surface area contributed by atoms with Crippen molar-refractivity contribution < 1.29 is 13.5 Å². The molecule has 0 aromatic heterocycles. The molecule has 7 heteroatoms. The van der Waals surface area contributed by atoms with Crippen LogP contribution in [0.3, 0.4) is 0 Å². The Kier molecular flexibility index (Phi) is 5.36. The summed E-state index contributed by atoms with van der Waals surface area (Å²) in [5.74, 6) is 0. The predicted molar refractivity (Wildman–Crippen MR) is 76.8 cm³/mol. The van der Waals surface area contributed by atoms with Gasteiger partial charge in [0.2, 0.25) is 0 Å². The highest BCUT2D eigenvalue weighted by atomic mass is 19.1. The number of nitrogens with zero attached hydrogens (tertiary/aromatic N) is 4. The van der Waals surface area contributed by atoms with Gasteiger partial charge in [-0.2, -0.15) is 0 Å². The molecule has 1 aliphatic heterocycles. The first-order valence-corrected chi connectivity index (χ1v) is 6.81. The summed E-state index contributed by atoms with van der Waals surface area (Å²) >= 11 is 0. The minimum atomic E-state index is -0.896. The van der Waals surface area contributed by atoms with E-state index in [4.69, 9.17) is 10.3 Å². The third-order valence-electron chi connectivity index (χ3n) is 3.68. The molecule has 0 N–H and O–H groups in total. The standard InChI is InChI=1S/C14H18F2N4O/c1-21-14(13(8-15)18-19-17)10-2-4-12(5-3-10)20-7-6-11(16)9-20/h2-5,11,13-14H,6-9H2,1H3/t11-,13+,14+/m0/s1. The van der Waals surface area contributed by atoms with Crippen molar-refractivity contribution in [2.24, 2.45) is 5.11 Å². The Morgan fingerprint density at radius 1 is 1.48 bits per heavy atom. The number of benzene rings is 1. The van der Waals surface area contributed by atoms with Crippen LogP contribution in [0.5, 0.6) is 0 Å². The van der Waals surface area contributed by atoms with Crippen molar-refractivity contribution in [1.82, 2.24) is 0 Å². The van der Waals surface area contributed by atoms with Crippen LogP contribution in [0.25, 0.3) is 10.4 Å². The van der Waals surface area contributed by atoms with E-state index in [0.29, 0.717) is 19.5 Å². The van der Waals surface area contributed by atoms with Crippen LogP contribution < -0.4 is 4.90 Å². The number of halogens is 2. The number of rotatable bonds is 6. The Morgan fingerprint density at radius 3 is 2.67 bits per heavy atom. The highest BCUT2D eigenvalue weighted by molar-refractivity contribution is 5.49. The van der Waals surface area contributed by atoms with E-state index in [0.717, 1.165) is 11.3 Å². The Morgan fingerprint density at radius 2 is 2.19 bits per heavy atom. The summed E-state index contributed by atoms with van der Waals surface area (Å²) in [6.45, 7) is 0.304. The molecule has 0 amide bonds. The second-order valence-corrected chi connectivity index (χ2v) is 5.01. The zero-order valence-electron chi connectivity index (χ0n) is 11.8. The molecule has 1 saturated heterocycles. The molecule has 0 aliphatic carbocycles. The third-order valence-corrected chi connectivity index (χ3v) is 3.68. The van der Waals surface area contributed by atoms with Crippen LogP contribution in [-0.2, 0) is 4.74 Å². The van der Waals surface area contributed by atoms with E-state index >= 15 is 0 Å². The molecule has 1 aromatic carbocycles. The van der Waals surface area contributed by atoms with Gasteiger partial charge in [0.15, 0.2) is 0 Å². The quantitative estimate of drug-likeness (QED) is 0.457. The molecule has 5 nitrogen and oxygen atoms in total. The average molecular weight is 296 g/mol. The van der Waals surface area contributed by atoms with Gasteiger partial charge in [-0.3, -0.25) is 4.39 Å². The summed E-state index contributed by atoms with van der Waals surface area (Å²) < 4.78 is 31.4. The molecule has 0 spiro atoms. The maximum absolute atomic E-state index is 13.2. The van der Waals surface area contributed by atoms with Crippen LogP contribution in [0.4, 0.5) is 14.5 Å². The summed E-state index contributed by atoms with van der Waals surface area (Å²) in [5.41, 5.74) is 10.1. The van der Waals surface area contributed by atoms with Crippen molar-refractivity contribution in [2.75, 3.05) is 31.8 Å². The van der Waals surface area contributed by atoms with Crippen molar-refractivity contribution in [1.29, 1.82) is 0 Å². The first-order valence-electron chi connectivity index (χ1n) is 6.81. The number of hydrogen-bond donors (Lipinski definition) is 0. The molecule has 0 unspecified atom stereocenters. The van der Waals surface area contributed by atoms with Crippen LogP contribution in [0.2, 0.25) is 0 Å². The summed E-state index contributed by atoms with van der Waals surface area (Å²) in [4.78, 5) is 4.61. The maximum Gasteiger partial charge on any atom is 0.119 e. The number of hydrogen-bond acceptors (Lipinski definition) is 3. The number of ether oxygens (including phenoxy) is 1. The van der Waals surface area contributed by atoms with E-state index in [1.165, 1.54) is 7.11 Å². The van der Waals surface area contributed by atoms with E-state index < -0.39 is 25.0 Å². The molecule has 3 atom stereocenters. The maximum atomic E-state index is 13.2. The summed E-state index contributed by atoms with van der Waals surface area (Å²) in [7, 11) is 1.45. The predicted octanol–water partition coefficient (Wildman–Crippen LogP) is 3.57. The lowest BCUT2D eigenvalue weighted by atomic mass is 10.0. The van der Waals surface area contributed by atoms with Crippen LogP contribution in [0.15, 0.2) is 29.4 Å². The fourth-order valence-electron chi connectivity index (χ4n) is 2.58. The molecule has 21 heavy (non-hydrogen) atoms. The number of anilines is 1. The third kappa shape index (κ3) is 3.62. The Balaban J connectivity index is 2.14. The van der Waals surface area contributed by atoms with Gasteiger partial charge in [0.05, 0.1) is 12.1 Å². The molecule has 1 fully saturated rings. The van der Waals surface area contributed by atoms with Crippen LogP contribution in [-0.4, -0.2) is 39.1 Å². The molecule has 0 bridgehead atoms. The molecule has 2 rings (SSSR count). The van der Waals surface area contributed by atoms with Gasteiger partial charge >= 0.3 is 0 Å². The number of methoxy groups -OCH3 is 1. The van der Waals surface area contributed by atoms with Gasteiger partial charge in [-0.1, -0.05) is 17.2 Å². The van der Waals surface area contributed by atoms with Gasteiger partial charge in [0, 0.05) is 30.8 Å². The lowest BCUT2D eigenvalue weighted by Crippen LogP contribution is -2.21. The summed E-state index contributed by atoms with van der Waals surface area (Å²) in [6.07, 6.45) is -0.867. The van der Waals surface area contributed by atoms with E-state index in [1.807, 2.05) is 17.0 Å². The Hall–Kier alpha value is -1.85. The first kappa shape index (κ1) is 15.5. The normalized spacial score (nSPS) is 20.9. The topological polar surface area (TPSA) is 61.2 Å². The van der Waals surface area contributed by atoms with Crippen molar-refractivity contribution in [3.8, 4) is 0 Å². The fraction of sp³-hybridized carbons (Fsp3) is 0.571. The van der Waals surface area contributed by atoms with Gasteiger partial charge < -0.3 is 9.64 Å². The van der Waals surface area contributed by atoms with Crippen LogP contribution in [0, 0.1) is 0 Å². The average Bonchev–Trinajstić information content (AvgIpc) is 2.94. The van der Waals surface area contributed by atoms with Crippen molar-refractivity contribution in [3.05, 3.63) is 40.3 Å². The second-order valence-electron chi connectivity index (χ2n) is 5.01. The van der Waals surface area contributed by atoms with Gasteiger partial charge in [-0.15, -0.1) is 0 Å². The van der Waals surface area contributed by atoms with Crippen molar-refractivity contribution >= 4 is 5.69 Å². The lowest BCUT2D eigenvalue weighted by molar-refractivity contribution is 0.0722. The van der Waals surface area contributed by atoms with Crippen molar-refractivity contribution in [3.63, 3.8) is 0 Å². The lowest BCUT2D eigenvalue weighted by Gasteiger charge is -2.22. The van der Waals surface area contributed by atoms with Gasteiger partial charge in [-0.05, 0) is 29.6 Å². The Labute approximate surface area is 122 Å². The molecule has 1 aliphatic rings. The molecular weight excluding hydrogens is 278 g/mol. The van der Waals surface area contributed by atoms with Gasteiger partial charge in [0.25, 0.3) is 0 Å². The molecule has 1 aromatic rings. The zero-order valence-corrected chi connectivity index (χ0v) is 11.8. The van der Waals surface area contributed by atoms with E-state index in [1.54, 1.807) is 12.1 Å². The zero-order chi connectivity index (χ0) is 15.2. The Bertz CT molecular complexity index is 504. The highest BCUT2D eigenvalue weighted by Crippen LogP contribution is 2.27. The SMILES string of the molecule is CO[C@H](c1ccc(N2CC[C@H](F)C2)cc1)[C@@H](CF)N=[N+]=[N-]. The monoisotopic (exact) mass is 296 g/mol. The van der Waals surface area contributed by atoms with Crippen LogP contribution in [0.1, 0.15) is 18.1 Å². The number of azide groups is 1. The van der Waals surface area contributed by atoms with E-state index in [-0.39, 0.29) is 0 Å². The highest BCUT2D eigenvalue weighted by Gasteiger charge is 2.24. The van der Waals surface area contributed by atoms with Gasteiger partial charge in [0.1, 0.15) is 12.8 Å². The number of alkyl halides is 2. The largest absolute Gasteiger partial charge is 0.376 e. The minimum Gasteiger partial charge on any atom is -0.376 e. The smallest absolute Gasteiger partial charge is 0.119 e. The molecular formula is C14H18F2N4O. The van der Waals surface area contributed by atoms with E-state index in [2.05, 4.69) is 10.0 Å². The fourth-order valence-corrected chi connectivity index (χ4v) is 2.58. The van der Waals surface area contributed by atoms with E-state index in [9.17, 15) is 8.78 Å². The molecule has 0 radical (unpaired) electrons. The first-order chi connectivity index (χ1) is 10.2. The molecule has 0 saturated carbocycles. The summed E-state index contributed by atoms with van der Waals surface area (Å²) in [5, 5.41) is 3.42. The molecule has 114 valence electrons. The minimum absolute atomic E-state index is 0.402. The second kappa shape index (κ2) is 7.24. The summed E-state index contributed by atoms with van der Waals surface area (Å²) in [6, 6.07) is 6.40. The van der Waals surface area contributed by atoms with Crippen molar-refractivity contribution in [2.45, 2.75) is 24.7 Å². The van der Waals surface area contributed by atoms with Gasteiger partial charge in [-0.25, -0.2) is 4.39 Å². The van der Waals surface area contributed by atoms with Crippen LogP contribution >= 0.6 is 0 Å². The molecule has 1 heterocycles.